The maximum atomic E-state index is 12.1. The molecule has 2 heteroatoms. The lowest BCUT2D eigenvalue weighted by molar-refractivity contribution is 0.0600. The number of carbonyl (C=O) groups is 1. The van der Waals surface area contributed by atoms with Crippen LogP contribution >= 0.6 is 0 Å². The van der Waals surface area contributed by atoms with Crippen LogP contribution in [0.5, 0.6) is 0 Å². The second kappa shape index (κ2) is 7.30. The van der Waals surface area contributed by atoms with Crippen LogP contribution in [0.3, 0.4) is 0 Å². The number of hydrogen-bond donors (Lipinski definition) is 0. The Bertz CT molecular complexity index is 472. The Labute approximate surface area is 134 Å². The summed E-state index contributed by atoms with van der Waals surface area (Å²) in [6.07, 6.45) is 13.1. The molecule has 0 aliphatic heterocycles. The number of ether oxygens (including phenoxy) is 1. The summed E-state index contributed by atoms with van der Waals surface area (Å²) in [5, 5.41) is 0. The summed E-state index contributed by atoms with van der Waals surface area (Å²) in [6.45, 7) is 0. The van der Waals surface area contributed by atoms with Gasteiger partial charge in [-0.1, -0.05) is 44.6 Å². The Kier molecular flexibility index (Phi) is 5.17. The summed E-state index contributed by atoms with van der Waals surface area (Å²) >= 11 is 0. The maximum absolute atomic E-state index is 12.1. The molecule has 0 saturated heterocycles. The Hall–Kier alpha value is -1.31. The van der Waals surface area contributed by atoms with E-state index in [0.29, 0.717) is 11.8 Å². The van der Waals surface area contributed by atoms with Crippen LogP contribution in [0.25, 0.3) is 0 Å². The number of rotatable bonds is 3. The molecule has 0 aromatic heterocycles. The van der Waals surface area contributed by atoms with Crippen molar-refractivity contribution in [3.05, 3.63) is 34.9 Å². The molecule has 0 heterocycles. The van der Waals surface area contributed by atoms with Crippen molar-refractivity contribution in [3.8, 4) is 0 Å². The summed E-state index contributed by atoms with van der Waals surface area (Å²) < 4.78 is 4.98. The van der Waals surface area contributed by atoms with Crippen molar-refractivity contribution >= 4 is 5.97 Å². The van der Waals surface area contributed by atoms with Crippen molar-refractivity contribution in [1.29, 1.82) is 0 Å². The molecule has 2 aliphatic carbocycles. The molecule has 0 radical (unpaired) electrons. The van der Waals surface area contributed by atoms with Gasteiger partial charge in [0.1, 0.15) is 0 Å². The van der Waals surface area contributed by atoms with E-state index in [4.69, 9.17) is 4.74 Å². The minimum atomic E-state index is -0.185. The summed E-state index contributed by atoms with van der Waals surface area (Å²) in [7, 11) is 1.48. The highest BCUT2D eigenvalue weighted by Gasteiger charge is 2.22. The van der Waals surface area contributed by atoms with E-state index in [1.165, 1.54) is 82.4 Å². The number of methoxy groups -OCH3 is 1. The lowest BCUT2D eigenvalue weighted by Gasteiger charge is -2.26. The molecule has 2 nitrogen and oxygen atoms in total. The fourth-order valence-electron chi connectivity index (χ4n) is 4.26. The maximum Gasteiger partial charge on any atom is 0.337 e. The molecule has 0 atom stereocenters. The van der Waals surface area contributed by atoms with Crippen molar-refractivity contribution in [2.45, 2.75) is 76.0 Å². The van der Waals surface area contributed by atoms with Gasteiger partial charge in [-0.05, 0) is 60.8 Å². The van der Waals surface area contributed by atoms with Gasteiger partial charge in [-0.15, -0.1) is 0 Å². The topological polar surface area (TPSA) is 26.3 Å². The first-order chi connectivity index (χ1) is 10.8. The highest BCUT2D eigenvalue weighted by Crippen LogP contribution is 2.38. The Morgan fingerprint density at radius 1 is 0.818 bits per heavy atom. The highest BCUT2D eigenvalue weighted by atomic mass is 16.5. The number of carbonyl (C=O) groups excluding carboxylic acids is 1. The highest BCUT2D eigenvalue weighted by molar-refractivity contribution is 5.89. The second-order valence-electron chi connectivity index (χ2n) is 7.05. The first kappa shape index (κ1) is 15.6. The zero-order valence-electron chi connectivity index (χ0n) is 13.8. The van der Waals surface area contributed by atoms with Gasteiger partial charge < -0.3 is 4.74 Å². The summed E-state index contributed by atoms with van der Waals surface area (Å²) in [4.78, 5) is 12.1. The number of hydrogen-bond acceptors (Lipinski definition) is 2. The van der Waals surface area contributed by atoms with Gasteiger partial charge in [0.05, 0.1) is 12.7 Å². The number of benzene rings is 1. The van der Waals surface area contributed by atoms with Crippen molar-refractivity contribution in [2.24, 2.45) is 0 Å². The third-order valence-corrected chi connectivity index (χ3v) is 5.55. The van der Waals surface area contributed by atoms with Crippen molar-refractivity contribution < 1.29 is 9.53 Å². The van der Waals surface area contributed by atoms with E-state index in [0.717, 1.165) is 5.56 Å². The molecule has 0 bridgehead atoms. The predicted molar refractivity (Wildman–Crippen MR) is 89.4 cm³/mol. The van der Waals surface area contributed by atoms with E-state index in [1.807, 2.05) is 0 Å². The largest absolute Gasteiger partial charge is 0.465 e. The van der Waals surface area contributed by atoms with E-state index in [9.17, 15) is 4.79 Å². The van der Waals surface area contributed by atoms with Crippen LogP contribution in [0.2, 0.25) is 0 Å². The van der Waals surface area contributed by atoms with Gasteiger partial charge in [-0.2, -0.15) is 0 Å². The molecule has 0 N–H and O–H groups in total. The fourth-order valence-corrected chi connectivity index (χ4v) is 4.26. The van der Waals surface area contributed by atoms with E-state index in [1.54, 1.807) is 0 Å². The van der Waals surface area contributed by atoms with E-state index >= 15 is 0 Å². The molecule has 0 amide bonds. The minimum Gasteiger partial charge on any atom is -0.465 e. The molecule has 2 aliphatic rings. The molecule has 0 spiro atoms. The van der Waals surface area contributed by atoms with Gasteiger partial charge in [0.2, 0.25) is 0 Å². The van der Waals surface area contributed by atoms with Gasteiger partial charge in [0, 0.05) is 0 Å². The summed E-state index contributed by atoms with van der Waals surface area (Å²) in [5.74, 6) is 1.09. The number of esters is 1. The van der Waals surface area contributed by atoms with Gasteiger partial charge in [0.25, 0.3) is 0 Å². The molecule has 120 valence electrons. The van der Waals surface area contributed by atoms with Gasteiger partial charge in [-0.25, -0.2) is 4.79 Å². The molecule has 2 saturated carbocycles. The van der Waals surface area contributed by atoms with E-state index in [2.05, 4.69) is 18.2 Å². The van der Waals surface area contributed by atoms with Crippen LogP contribution in [0.15, 0.2) is 18.2 Å². The first-order valence-corrected chi connectivity index (χ1v) is 9.01. The van der Waals surface area contributed by atoms with E-state index in [-0.39, 0.29) is 5.97 Å². The van der Waals surface area contributed by atoms with Crippen LogP contribution in [-0.2, 0) is 4.74 Å². The smallest absolute Gasteiger partial charge is 0.337 e. The fraction of sp³-hybridized carbons (Fsp3) is 0.650. The van der Waals surface area contributed by atoms with Crippen molar-refractivity contribution in [3.63, 3.8) is 0 Å². The monoisotopic (exact) mass is 300 g/mol. The van der Waals surface area contributed by atoms with Gasteiger partial charge in [0.15, 0.2) is 0 Å². The summed E-state index contributed by atoms with van der Waals surface area (Å²) in [5.41, 5.74) is 3.51. The third kappa shape index (κ3) is 3.53. The van der Waals surface area contributed by atoms with Crippen molar-refractivity contribution in [1.82, 2.24) is 0 Å². The Morgan fingerprint density at radius 3 is 1.68 bits per heavy atom. The molecule has 1 aromatic rings. The van der Waals surface area contributed by atoms with E-state index < -0.39 is 0 Å². The molecule has 2 fully saturated rings. The average molecular weight is 300 g/mol. The van der Waals surface area contributed by atoms with Crippen LogP contribution in [0.1, 0.15) is 97.5 Å². The predicted octanol–water partition coefficient (Wildman–Crippen LogP) is 5.57. The first-order valence-electron chi connectivity index (χ1n) is 9.01. The van der Waals surface area contributed by atoms with Crippen molar-refractivity contribution in [2.75, 3.05) is 7.11 Å². The van der Waals surface area contributed by atoms with Crippen LogP contribution in [0, 0.1) is 0 Å². The average Bonchev–Trinajstić information content (AvgIpc) is 2.62. The van der Waals surface area contributed by atoms with Gasteiger partial charge >= 0.3 is 5.97 Å². The lowest BCUT2D eigenvalue weighted by atomic mass is 9.79. The molecule has 0 unspecified atom stereocenters. The second-order valence-corrected chi connectivity index (χ2v) is 7.05. The lowest BCUT2D eigenvalue weighted by Crippen LogP contribution is -2.11. The van der Waals surface area contributed by atoms with Crippen LogP contribution < -0.4 is 0 Å². The molecular formula is C20H28O2. The quantitative estimate of drug-likeness (QED) is 0.682. The molecule has 1 aromatic carbocycles. The Balaban J connectivity index is 1.91. The zero-order valence-corrected chi connectivity index (χ0v) is 13.8. The molecule has 3 rings (SSSR count). The molecule has 22 heavy (non-hydrogen) atoms. The molecular weight excluding hydrogens is 272 g/mol. The summed E-state index contributed by atoms with van der Waals surface area (Å²) in [6, 6.07) is 6.58. The Morgan fingerprint density at radius 2 is 1.27 bits per heavy atom. The van der Waals surface area contributed by atoms with Crippen LogP contribution in [0.4, 0.5) is 0 Å². The van der Waals surface area contributed by atoms with Crippen LogP contribution in [-0.4, -0.2) is 13.1 Å². The zero-order chi connectivity index (χ0) is 15.4. The third-order valence-electron chi connectivity index (χ3n) is 5.55. The van der Waals surface area contributed by atoms with Gasteiger partial charge in [-0.3, -0.25) is 0 Å². The SMILES string of the molecule is COC(=O)c1cc(C2CCCCC2)cc(C2CCCCC2)c1. The standard InChI is InChI=1S/C20H28O2/c1-22-20(21)19-13-17(15-8-4-2-5-9-15)12-18(14-19)16-10-6-3-7-11-16/h12-16H,2-11H2,1H3. The minimum absolute atomic E-state index is 0.185. The normalized spacial score (nSPS) is 20.8.